The summed E-state index contributed by atoms with van der Waals surface area (Å²) in [5, 5.41) is 0. The number of aliphatic imine (C=N–C) groups is 2. The van der Waals surface area contributed by atoms with Crippen LogP contribution in [0.3, 0.4) is 0 Å². The van der Waals surface area contributed by atoms with Gasteiger partial charge in [0, 0.05) is 27.7 Å². The summed E-state index contributed by atoms with van der Waals surface area (Å²) in [4.78, 5) is 8.99. The van der Waals surface area contributed by atoms with Gasteiger partial charge in [0.2, 0.25) is 0 Å². The molecule has 2 aliphatic heterocycles. The van der Waals surface area contributed by atoms with Gasteiger partial charge in [-0.15, -0.1) is 0 Å². The number of rotatable bonds is 0. The van der Waals surface area contributed by atoms with Crippen LogP contribution in [0.5, 0.6) is 0 Å². The zero-order valence-electron chi connectivity index (χ0n) is 9.16. The van der Waals surface area contributed by atoms with Gasteiger partial charge in [-0.1, -0.05) is 35.0 Å². The zero-order valence-corrected chi connectivity index (χ0v) is 10.7. The number of allylic oxidation sites excluding steroid dienone is 1. The fourth-order valence-corrected chi connectivity index (χ4v) is 2.63. The molecule has 0 aromatic heterocycles. The molecule has 1 aromatic carbocycles. The number of fused-ring (bicyclic) bond motifs is 3. The van der Waals surface area contributed by atoms with E-state index < -0.39 is 0 Å². The lowest BCUT2D eigenvalue weighted by Gasteiger charge is -2.10. The van der Waals surface area contributed by atoms with Gasteiger partial charge >= 0.3 is 0 Å². The molecule has 0 saturated carbocycles. The first-order valence-corrected chi connectivity index (χ1v) is 6.10. The molecule has 0 bridgehead atoms. The monoisotopic (exact) mass is 274 g/mol. The number of nitrogens with zero attached hydrogens (tertiary/aromatic N) is 2. The lowest BCUT2D eigenvalue weighted by atomic mass is 9.98. The lowest BCUT2D eigenvalue weighted by molar-refractivity contribution is 1.02. The minimum absolute atomic E-state index is 0.382. The first-order chi connectivity index (χ1) is 7.66. The summed E-state index contributed by atoms with van der Waals surface area (Å²) in [5.41, 5.74) is 4.62. The lowest BCUT2D eigenvalue weighted by Crippen LogP contribution is -2.06. The molecule has 2 aliphatic rings. The average Bonchev–Trinajstić information content (AvgIpc) is 2.63. The second kappa shape index (κ2) is 3.39. The third-order valence-corrected chi connectivity index (χ3v) is 3.58. The van der Waals surface area contributed by atoms with E-state index in [1.54, 1.807) is 0 Å². The standard InChI is InChI=1S/C13H11BrN2/c1-7-5-9-11-10(14)4-3-8(2)12(11)16-13(9)15-6-7/h3-7H,1-2H3. The van der Waals surface area contributed by atoms with E-state index in [1.165, 1.54) is 16.7 Å². The maximum atomic E-state index is 4.59. The van der Waals surface area contributed by atoms with Crippen molar-refractivity contribution in [3.05, 3.63) is 33.8 Å². The SMILES string of the molecule is Cc1ccc(Br)c2c1N=C1N=CC(C)C=C12. The molecule has 3 heteroatoms. The summed E-state index contributed by atoms with van der Waals surface area (Å²) in [6.07, 6.45) is 4.17. The molecule has 80 valence electrons. The third kappa shape index (κ3) is 1.31. The fraction of sp³-hybridized carbons (Fsp3) is 0.231. The van der Waals surface area contributed by atoms with Crippen LogP contribution in [0.4, 0.5) is 5.69 Å². The Bertz CT molecular complexity index is 568. The number of aryl methyl sites for hydroxylation is 1. The Morgan fingerprint density at radius 1 is 1.31 bits per heavy atom. The predicted molar refractivity (Wildman–Crippen MR) is 71.6 cm³/mol. The van der Waals surface area contributed by atoms with Gasteiger partial charge in [-0.05, 0) is 18.6 Å². The molecule has 16 heavy (non-hydrogen) atoms. The summed E-state index contributed by atoms with van der Waals surface area (Å²) in [6, 6.07) is 4.16. The summed E-state index contributed by atoms with van der Waals surface area (Å²) in [6.45, 7) is 4.22. The molecule has 0 amide bonds. The minimum atomic E-state index is 0.382. The second-order valence-corrected chi connectivity index (χ2v) is 5.10. The molecule has 0 fully saturated rings. The minimum Gasteiger partial charge on any atom is -0.240 e. The molecule has 0 spiro atoms. The summed E-state index contributed by atoms with van der Waals surface area (Å²) < 4.78 is 1.10. The Kier molecular flexibility index (Phi) is 2.11. The van der Waals surface area contributed by atoms with Crippen molar-refractivity contribution in [2.24, 2.45) is 15.9 Å². The van der Waals surface area contributed by atoms with Gasteiger partial charge in [0.1, 0.15) is 0 Å². The van der Waals surface area contributed by atoms with Crippen molar-refractivity contribution in [2.75, 3.05) is 0 Å². The van der Waals surface area contributed by atoms with Crippen LogP contribution < -0.4 is 0 Å². The third-order valence-electron chi connectivity index (χ3n) is 2.92. The number of hydrogen-bond donors (Lipinski definition) is 0. The molecule has 0 aliphatic carbocycles. The van der Waals surface area contributed by atoms with Gasteiger partial charge in [0.15, 0.2) is 5.84 Å². The molecule has 0 N–H and O–H groups in total. The quantitative estimate of drug-likeness (QED) is 0.686. The number of halogens is 1. The number of amidine groups is 1. The van der Waals surface area contributed by atoms with Crippen LogP contribution in [0.15, 0.2) is 32.7 Å². The first kappa shape index (κ1) is 9.97. The van der Waals surface area contributed by atoms with Crippen LogP contribution in [0, 0.1) is 12.8 Å². The van der Waals surface area contributed by atoms with Crippen molar-refractivity contribution in [3.63, 3.8) is 0 Å². The smallest absolute Gasteiger partial charge is 0.159 e. The number of hydrogen-bond acceptors (Lipinski definition) is 2. The van der Waals surface area contributed by atoms with E-state index >= 15 is 0 Å². The number of dihydropyridines is 1. The molecule has 2 heterocycles. The van der Waals surface area contributed by atoms with E-state index in [1.807, 2.05) is 6.21 Å². The Morgan fingerprint density at radius 2 is 2.12 bits per heavy atom. The normalized spacial score (nSPS) is 21.3. The van der Waals surface area contributed by atoms with E-state index in [2.05, 4.69) is 58.0 Å². The Hall–Kier alpha value is -1.22. The Balaban J connectivity index is 2.29. The van der Waals surface area contributed by atoms with Gasteiger partial charge in [-0.3, -0.25) is 0 Å². The van der Waals surface area contributed by atoms with Gasteiger partial charge in [0.05, 0.1) is 5.69 Å². The van der Waals surface area contributed by atoms with Gasteiger partial charge in [-0.25, -0.2) is 9.98 Å². The summed E-state index contributed by atoms with van der Waals surface area (Å²) >= 11 is 3.60. The van der Waals surface area contributed by atoms with E-state index in [4.69, 9.17) is 0 Å². The van der Waals surface area contributed by atoms with Crippen molar-refractivity contribution in [2.45, 2.75) is 13.8 Å². The van der Waals surface area contributed by atoms with Crippen molar-refractivity contribution >= 4 is 39.2 Å². The topological polar surface area (TPSA) is 24.7 Å². The second-order valence-electron chi connectivity index (χ2n) is 4.24. The van der Waals surface area contributed by atoms with Crippen LogP contribution in [0.1, 0.15) is 18.1 Å². The highest BCUT2D eigenvalue weighted by Gasteiger charge is 2.26. The van der Waals surface area contributed by atoms with Gasteiger partial charge < -0.3 is 0 Å². The van der Waals surface area contributed by atoms with E-state index in [9.17, 15) is 0 Å². The van der Waals surface area contributed by atoms with Crippen molar-refractivity contribution in [1.82, 2.24) is 0 Å². The highest BCUT2D eigenvalue weighted by atomic mass is 79.9. The zero-order chi connectivity index (χ0) is 11.3. The highest BCUT2D eigenvalue weighted by molar-refractivity contribution is 9.10. The fourth-order valence-electron chi connectivity index (χ4n) is 2.10. The van der Waals surface area contributed by atoms with Crippen LogP contribution in [-0.4, -0.2) is 12.1 Å². The number of benzene rings is 1. The average molecular weight is 275 g/mol. The predicted octanol–water partition coefficient (Wildman–Crippen LogP) is 3.91. The molecule has 0 radical (unpaired) electrons. The summed E-state index contributed by atoms with van der Waals surface area (Å²) in [5.74, 6) is 1.23. The Labute approximate surface area is 103 Å². The molecule has 1 atom stereocenters. The van der Waals surface area contributed by atoms with Crippen molar-refractivity contribution < 1.29 is 0 Å². The van der Waals surface area contributed by atoms with E-state index in [-0.39, 0.29) is 0 Å². The van der Waals surface area contributed by atoms with Gasteiger partial charge in [0.25, 0.3) is 0 Å². The van der Waals surface area contributed by atoms with Crippen LogP contribution in [0.25, 0.3) is 5.57 Å². The van der Waals surface area contributed by atoms with Crippen LogP contribution in [0.2, 0.25) is 0 Å². The Morgan fingerprint density at radius 3 is 2.94 bits per heavy atom. The van der Waals surface area contributed by atoms with Gasteiger partial charge in [-0.2, -0.15) is 0 Å². The summed E-state index contributed by atoms with van der Waals surface area (Å²) in [7, 11) is 0. The maximum absolute atomic E-state index is 4.59. The van der Waals surface area contributed by atoms with E-state index in [0.717, 1.165) is 16.0 Å². The van der Waals surface area contributed by atoms with Crippen molar-refractivity contribution in [3.8, 4) is 0 Å². The molecular formula is C13H11BrN2. The molecule has 3 rings (SSSR count). The molecular weight excluding hydrogens is 264 g/mol. The van der Waals surface area contributed by atoms with Crippen molar-refractivity contribution in [1.29, 1.82) is 0 Å². The highest BCUT2D eigenvalue weighted by Crippen LogP contribution is 2.43. The van der Waals surface area contributed by atoms with E-state index in [0.29, 0.717) is 5.92 Å². The van der Waals surface area contributed by atoms with Crippen LogP contribution >= 0.6 is 15.9 Å². The largest absolute Gasteiger partial charge is 0.240 e. The first-order valence-electron chi connectivity index (χ1n) is 5.31. The maximum Gasteiger partial charge on any atom is 0.159 e. The molecule has 0 saturated heterocycles. The van der Waals surface area contributed by atoms with Crippen LogP contribution in [-0.2, 0) is 0 Å². The molecule has 2 nitrogen and oxygen atoms in total. The molecule has 1 unspecified atom stereocenters. The molecule has 1 aromatic rings.